The van der Waals surface area contributed by atoms with Gasteiger partial charge in [0.05, 0.1) is 5.69 Å². The van der Waals surface area contributed by atoms with Crippen molar-refractivity contribution in [3.8, 4) is 0 Å². The Bertz CT molecular complexity index is 730. The highest BCUT2D eigenvalue weighted by Crippen LogP contribution is 2.15. The molecule has 0 bridgehead atoms. The predicted octanol–water partition coefficient (Wildman–Crippen LogP) is 2.88. The number of thiazole rings is 1. The van der Waals surface area contributed by atoms with Crippen LogP contribution in [0, 0.1) is 13.8 Å². The van der Waals surface area contributed by atoms with Gasteiger partial charge >= 0.3 is 0 Å². The molecule has 0 spiro atoms. The molecule has 1 heterocycles. The van der Waals surface area contributed by atoms with Crippen molar-refractivity contribution in [2.75, 3.05) is 32.1 Å². The van der Waals surface area contributed by atoms with Gasteiger partial charge in [0.15, 0.2) is 5.13 Å². The van der Waals surface area contributed by atoms with Crippen LogP contribution < -0.4 is 5.32 Å². The minimum atomic E-state index is -0.257. The van der Waals surface area contributed by atoms with E-state index >= 15 is 0 Å². The van der Waals surface area contributed by atoms with E-state index in [0.29, 0.717) is 30.3 Å². The summed E-state index contributed by atoms with van der Waals surface area (Å²) in [5.74, 6) is -0.418. The largest absolute Gasteiger partial charge is 0.385 e. The van der Waals surface area contributed by atoms with Crippen molar-refractivity contribution >= 4 is 28.3 Å². The Morgan fingerprint density at radius 2 is 2.12 bits per heavy atom. The number of ether oxygens (including phenoxy) is 1. The molecule has 2 rings (SSSR count). The summed E-state index contributed by atoms with van der Waals surface area (Å²) < 4.78 is 5.05. The maximum absolute atomic E-state index is 12.8. The number of carbonyl (C=O) groups excluding carboxylic acids is 2. The highest BCUT2D eigenvalue weighted by molar-refractivity contribution is 7.13. The second-order valence-electron chi connectivity index (χ2n) is 5.78. The van der Waals surface area contributed by atoms with E-state index in [0.717, 1.165) is 11.3 Å². The molecule has 1 aromatic carbocycles. The Labute approximate surface area is 151 Å². The monoisotopic (exact) mass is 361 g/mol. The van der Waals surface area contributed by atoms with E-state index < -0.39 is 0 Å². The van der Waals surface area contributed by atoms with Crippen LogP contribution in [0.1, 0.15) is 28.0 Å². The third-order valence-corrected chi connectivity index (χ3v) is 4.40. The van der Waals surface area contributed by atoms with Crippen molar-refractivity contribution < 1.29 is 14.3 Å². The molecule has 25 heavy (non-hydrogen) atoms. The van der Waals surface area contributed by atoms with Gasteiger partial charge in [0.2, 0.25) is 5.91 Å². The second kappa shape index (κ2) is 9.29. The van der Waals surface area contributed by atoms with Crippen LogP contribution in [0.15, 0.2) is 29.6 Å². The number of anilines is 1. The number of aryl methyl sites for hydroxylation is 2. The Hall–Kier alpha value is -2.25. The van der Waals surface area contributed by atoms with Gasteiger partial charge in [-0.3, -0.25) is 9.59 Å². The number of amides is 2. The quantitative estimate of drug-likeness (QED) is 0.734. The predicted molar refractivity (Wildman–Crippen MR) is 99.1 cm³/mol. The minimum absolute atomic E-state index is 0.0187. The third kappa shape index (κ3) is 5.95. The van der Waals surface area contributed by atoms with Crippen LogP contribution in [-0.2, 0) is 9.53 Å². The molecule has 1 N–H and O–H groups in total. The van der Waals surface area contributed by atoms with E-state index in [1.807, 2.05) is 37.4 Å². The van der Waals surface area contributed by atoms with Gasteiger partial charge in [-0.15, -0.1) is 11.3 Å². The lowest BCUT2D eigenvalue weighted by Crippen LogP contribution is -2.39. The first-order valence-corrected chi connectivity index (χ1v) is 8.94. The lowest BCUT2D eigenvalue weighted by molar-refractivity contribution is -0.116. The van der Waals surface area contributed by atoms with Crippen LogP contribution in [0.4, 0.5) is 5.13 Å². The zero-order chi connectivity index (χ0) is 18.2. The Kier molecular flexibility index (Phi) is 7.09. The summed E-state index contributed by atoms with van der Waals surface area (Å²) in [6.07, 6.45) is 0.664. The number of nitrogens with one attached hydrogen (secondary N) is 1. The molecular formula is C18H23N3O3S. The maximum atomic E-state index is 12.8. The van der Waals surface area contributed by atoms with Gasteiger partial charge in [-0.25, -0.2) is 4.98 Å². The lowest BCUT2D eigenvalue weighted by Gasteiger charge is -2.22. The molecule has 0 saturated heterocycles. The number of nitrogens with zero attached hydrogens (tertiary/aromatic N) is 2. The van der Waals surface area contributed by atoms with E-state index in [-0.39, 0.29) is 18.4 Å². The highest BCUT2D eigenvalue weighted by atomic mass is 32.1. The first-order chi connectivity index (χ1) is 12.0. The molecule has 0 aliphatic heterocycles. The second-order valence-corrected chi connectivity index (χ2v) is 6.64. The number of carbonyl (C=O) groups is 2. The molecule has 0 atom stereocenters. The average Bonchev–Trinajstić information content (AvgIpc) is 2.98. The smallest absolute Gasteiger partial charge is 0.254 e. The Balaban J connectivity index is 2.06. The molecule has 0 fully saturated rings. The van der Waals surface area contributed by atoms with Crippen molar-refractivity contribution in [1.82, 2.24) is 9.88 Å². The molecule has 2 amide bonds. The highest BCUT2D eigenvalue weighted by Gasteiger charge is 2.19. The first-order valence-electron chi connectivity index (χ1n) is 8.06. The number of benzene rings is 1. The summed E-state index contributed by atoms with van der Waals surface area (Å²) in [5, 5.41) is 5.15. The van der Waals surface area contributed by atoms with Crippen LogP contribution in [0.5, 0.6) is 0 Å². The molecule has 2 aromatic rings. The molecule has 134 valence electrons. The maximum Gasteiger partial charge on any atom is 0.254 e. The number of methoxy groups -OCH3 is 1. The fraction of sp³-hybridized carbons (Fsp3) is 0.389. The van der Waals surface area contributed by atoms with E-state index in [1.54, 1.807) is 18.1 Å². The van der Waals surface area contributed by atoms with Gasteiger partial charge in [-0.1, -0.05) is 17.7 Å². The molecule has 7 heteroatoms. The van der Waals surface area contributed by atoms with E-state index in [9.17, 15) is 9.59 Å². The summed E-state index contributed by atoms with van der Waals surface area (Å²) in [4.78, 5) is 30.8. The zero-order valence-corrected chi connectivity index (χ0v) is 15.6. The zero-order valence-electron chi connectivity index (χ0n) is 14.7. The fourth-order valence-electron chi connectivity index (χ4n) is 2.36. The van der Waals surface area contributed by atoms with Crippen molar-refractivity contribution in [2.24, 2.45) is 0 Å². The number of rotatable bonds is 8. The van der Waals surface area contributed by atoms with Gasteiger partial charge in [-0.05, 0) is 32.4 Å². The van der Waals surface area contributed by atoms with Crippen LogP contribution in [0.3, 0.4) is 0 Å². The molecule has 0 saturated carbocycles. The number of hydrogen-bond acceptors (Lipinski definition) is 5. The average molecular weight is 361 g/mol. The van der Waals surface area contributed by atoms with Crippen molar-refractivity contribution in [1.29, 1.82) is 0 Å². The third-order valence-electron chi connectivity index (χ3n) is 3.53. The summed E-state index contributed by atoms with van der Waals surface area (Å²) in [6, 6.07) is 7.37. The summed E-state index contributed by atoms with van der Waals surface area (Å²) in [6.45, 7) is 4.76. The SMILES string of the molecule is COCCCN(CC(=O)Nc1nc(C)cs1)C(=O)c1cccc(C)c1. The summed E-state index contributed by atoms with van der Waals surface area (Å²) >= 11 is 1.37. The Morgan fingerprint density at radius 1 is 1.32 bits per heavy atom. The van der Waals surface area contributed by atoms with Crippen molar-refractivity contribution in [3.63, 3.8) is 0 Å². The molecular weight excluding hydrogens is 338 g/mol. The van der Waals surface area contributed by atoms with E-state index in [4.69, 9.17) is 4.74 Å². The number of hydrogen-bond donors (Lipinski definition) is 1. The Morgan fingerprint density at radius 3 is 2.76 bits per heavy atom. The van der Waals surface area contributed by atoms with Gasteiger partial charge in [-0.2, -0.15) is 0 Å². The number of aromatic nitrogens is 1. The van der Waals surface area contributed by atoms with Crippen LogP contribution in [0.2, 0.25) is 0 Å². The van der Waals surface area contributed by atoms with E-state index in [1.165, 1.54) is 11.3 Å². The van der Waals surface area contributed by atoms with Crippen molar-refractivity contribution in [2.45, 2.75) is 20.3 Å². The van der Waals surface area contributed by atoms with Crippen LogP contribution in [-0.4, -0.2) is 48.5 Å². The summed E-state index contributed by atoms with van der Waals surface area (Å²) in [5.41, 5.74) is 2.44. The van der Waals surface area contributed by atoms with E-state index in [2.05, 4.69) is 10.3 Å². The topological polar surface area (TPSA) is 71.5 Å². The molecule has 0 radical (unpaired) electrons. The van der Waals surface area contributed by atoms with Crippen molar-refractivity contribution in [3.05, 3.63) is 46.5 Å². The molecule has 0 aliphatic carbocycles. The normalized spacial score (nSPS) is 10.5. The van der Waals surface area contributed by atoms with Gasteiger partial charge < -0.3 is 15.0 Å². The molecule has 6 nitrogen and oxygen atoms in total. The molecule has 0 aliphatic rings. The van der Waals surface area contributed by atoms with Crippen LogP contribution in [0.25, 0.3) is 0 Å². The first kappa shape index (κ1) is 19.1. The lowest BCUT2D eigenvalue weighted by atomic mass is 10.1. The fourth-order valence-corrected chi connectivity index (χ4v) is 3.06. The van der Waals surface area contributed by atoms with Gasteiger partial charge in [0, 0.05) is 31.2 Å². The van der Waals surface area contributed by atoms with Gasteiger partial charge in [0.1, 0.15) is 6.54 Å². The van der Waals surface area contributed by atoms with Gasteiger partial charge in [0.25, 0.3) is 5.91 Å². The summed E-state index contributed by atoms with van der Waals surface area (Å²) in [7, 11) is 1.62. The standard InChI is InChI=1S/C18H23N3O3S/c1-13-6-4-7-15(10-13)17(23)21(8-5-9-24-3)11-16(22)20-18-19-14(2)12-25-18/h4,6-7,10,12H,5,8-9,11H2,1-3H3,(H,19,20,22). The molecule has 1 aromatic heterocycles. The van der Waals surface area contributed by atoms with Crippen LogP contribution >= 0.6 is 11.3 Å². The molecule has 0 unspecified atom stereocenters. The minimum Gasteiger partial charge on any atom is -0.385 e.